The van der Waals surface area contributed by atoms with Gasteiger partial charge in [0.2, 0.25) is 0 Å². The van der Waals surface area contributed by atoms with Crippen LogP contribution in [0.15, 0.2) is 0 Å². The van der Waals surface area contributed by atoms with Crippen molar-refractivity contribution in [3.63, 3.8) is 0 Å². The van der Waals surface area contributed by atoms with Crippen molar-refractivity contribution in [1.82, 2.24) is 5.32 Å². The van der Waals surface area contributed by atoms with Gasteiger partial charge >= 0.3 is 0 Å². The normalized spacial score (nSPS) is 22.5. The number of aliphatic hydroxyl groups is 3. The van der Waals surface area contributed by atoms with Crippen LogP contribution in [-0.4, -0.2) is 39.3 Å². The summed E-state index contributed by atoms with van der Waals surface area (Å²) >= 11 is 0. The van der Waals surface area contributed by atoms with Gasteiger partial charge in [0.1, 0.15) is 6.23 Å². The van der Waals surface area contributed by atoms with Crippen LogP contribution < -0.4 is 5.32 Å². The van der Waals surface area contributed by atoms with E-state index in [1.807, 2.05) is 6.92 Å². The lowest BCUT2D eigenvalue weighted by Crippen LogP contribution is -2.61. The van der Waals surface area contributed by atoms with Crippen molar-refractivity contribution in [2.24, 2.45) is 0 Å². The van der Waals surface area contributed by atoms with Gasteiger partial charge in [-0.15, -0.1) is 0 Å². The zero-order chi connectivity index (χ0) is 11.4. The number of hydrogen-bond acceptors (Lipinski definition) is 4. The van der Waals surface area contributed by atoms with E-state index in [-0.39, 0.29) is 0 Å². The van der Waals surface area contributed by atoms with Crippen molar-refractivity contribution in [2.75, 3.05) is 0 Å². The Hall–Kier alpha value is -0.160. The van der Waals surface area contributed by atoms with Crippen molar-refractivity contribution >= 4 is 0 Å². The minimum absolute atomic E-state index is 0.606. The second-order valence-electron chi connectivity index (χ2n) is 4.08. The molecule has 4 heteroatoms. The fourth-order valence-corrected chi connectivity index (χ4v) is 1.29. The molecule has 86 valence electrons. The van der Waals surface area contributed by atoms with E-state index in [0.717, 1.165) is 6.42 Å². The summed E-state index contributed by atoms with van der Waals surface area (Å²) in [5.74, 6) is 0. The van der Waals surface area contributed by atoms with E-state index in [4.69, 9.17) is 0 Å². The van der Waals surface area contributed by atoms with Gasteiger partial charge in [0.05, 0.1) is 17.7 Å². The van der Waals surface area contributed by atoms with Crippen LogP contribution in [0.3, 0.4) is 0 Å². The molecule has 0 aromatic rings. The zero-order valence-electron chi connectivity index (χ0n) is 9.49. The van der Waals surface area contributed by atoms with Gasteiger partial charge in [-0.25, -0.2) is 0 Å². The summed E-state index contributed by atoms with van der Waals surface area (Å²) in [6, 6.07) is 0. The van der Waals surface area contributed by atoms with Gasteiger partial charge in [-0.2, -0.15) is 0 Å². The van der Waals surface area contributed by atoms with Gasteiger partial charge in [-0.3, -0.25) is 5.32 Å². The predicted molar refractivity (Wildman–Crippen MR) is 55.8 cm³/mol. The van der Waals surface area contributed by atoms with E-state index >= 15 is 0 Å². The third-order valence-electron chi connectivity index (χ3n) is 2.78. The summed E-state index contributed by atoms with van der Waals surface area (Å²) in [4.78, 5) is 0. The summed E-state index contributed by atoms with van der Waals surface area (Å²) in [5.41, 5.74) is -0.866. The largest absolute Gasteiger partial charge is 0.391 e. The molecule has 0 saturated heterocycles. The number of rotatable bonds is 6. The minimum Gasteiger partial charge on any atom is -0.391 e. The third kappa shape index (κ3) is 3.53. The molecule has 0 spiro atoms. The Labute approximate surface area is 86.0 Å². The maximum atomic E-state index is 9.55. The molecule has 0 heterocycles. The third-order valence-corrected chi connectivity index (χ3v) is 2.78. The minimum atomic E-state index is -0.866. The molecular weight excluding hydrogens is 182 g/mol. The molecule has 0 amide bonds. The molecule has 0 aliphatic rings. The number of nitrogens with one attached hydrogen (secondary N) is 1. The SMILES string of the molecule is CCCC(O)NC(C)(C(C)O)C(C)O. The zero-order valence-corrected chi connectivity index (χ0v) is 9.49. The Morgan fingerprint density at radius 2 is 1.57 bits per heavy atom. The smallest absolute Gasteiger partial charge is 0.105 e. The van der Waals surface area contributed by atoms with Crippen LogP contribution >= 0.6 is 0 Å². The Morgan fingerprint density at radius 1 is 1.14 bits per heavy atom. The van der Waals surface area contributed by atoms with Crippen molar-refractivity contribution in [3.05, 3.63) is 0 Å². The molecule has 0 rings (SSSR count). The van der Waals surface area contributed by atoms with E-state index in [9.17, 15) is 15.3 Å². The molecule has 14 heavy (non-hydrogen) atoms. The highest BCUT2D eigenvalue weighted by atomic mass is 16.3. The molecular formula is C10H23NO3. The van der Waals surface area contributed by atoms with Crippen LogP contribution in [0.4, 0.5) is 0 Å². The van der Waals surface area contributed by atoms with Crippen molar-refractivity contribution in [1.29, 1.82) is 0 Å². The molecule has 0 fully saturated rings. The lowest BCUT2D eigenvalue weighted by Gasteiger charge is -2.38. The topological polar surface area (TPSA) is 72.7 Å². The molecule has 0 aliphatic heterocycles. The van der Waals surface area contributed by atoms with Crippen molar-refractivity contribution in [3.8, 4) is 0 Å². The van der Waals surface area contributed by atoms with Crippen LogP contribution in [0, 0.1) is 0 Å². The Bertz CT molecular complexity index is 151. The van der Waals surface area contributed by atoms with Crippen molar-refractivity contribution in [2.45, 2.75) is 64.5 Å². The lowest BCUT2D eigenvalue weighted by atomic mass is 9.89. The van der Waals surface area contributed by atoms with Gasteiger partial charge < -0.3 is 15.3 Å². The molecule has 0 aromatic carbocycles. The van der Waals surface area contributed by atoms with Gasteiger partial charge in [-0.05, 0) is 27.2 Å². The van der Waals surface area contributed by atoms with Crippen LogP contribution in [0.2, 0.25) is 0 Å². The Kier molecular flexibility index (Phi) is 5.59. The molecule has 0 bridgehead atoms. The highest BCUT2D eigenvalue weighted by molar-refractivity contribution is 4.93. The van der Waals surface area contributed by atoms with Gasteiger partial charge in [-0.1, -0.05) is 13.3 Å². The first-order valence-corrected chi connectivity index (χ1v) is 5.16. The molecule has 0 aromatic heterocycles. The second kappa shape index (κ2) is 5.66. The van der Waals surface area contributed by atoms with Gasteiger partial charge in [0, 0.05) is 0 Å². The monoisotopic (exact) mass is 205 g/mol. The molecule has 3 unspecified atom stereocenters. The quantitative estimate of drug-likeness (QED) is 0.468. The van der Waals surface area contributed by atoms with E-state index in [0.29, 0.717) is 6.42 Å². The summed E-state index contributed by atoms with van der Waals surface area (Å²) in [6.45, 7) is 6.85. The predicted octanol–water partition coefficient (Wildman–Crippen LogP) is 0.215. The first-order chi connectivity index (χ1) is 6.34. The molecule has 0 saturated carbocycles. The molecule has 0 aliphatic carbocycles. The Morgan fingerprint density at radius 3 is 1.86 bits per heavy atom. The number of aliphatic hydroxyl groups excluding tert-OH is 3. The molecule has 4 nitrogen and oxygen atoms in total. The molecule has 3 atom stereocenters. The van der Waals surface area contributed by atoms with Crippen LogP contribution in [-0.2, 0) is 0 Å². The standard InChI is InChI=1S/C10H23NO3/c1-5-6-9(14)11-10(4,7(2)12)8(3)13/h7-9,11-14H,5-6H2,1-4H3. The van der Waals surface area contributed by atoms with E-state index in [1.165, 1.54) is 0 Å². The first-order valence-electron chi connectivity index (χ1n) is 5.16. The van der Waals surface area contributed by atoms with E-state index < -0.39 is 24.0 Å². The molecule has 4 N–H and O–H groups in total. The number of hydrogen-bond donors (Lipinski definition) is 4. The highest BCUT2D eigenvalue weighted by Crippen LogP contribution is 2.16. The fraction of sp³-hybridized carbons (Fsp3) is 1.00. The summed E-state index contributed by atoms with van der Waals surface area (Å²) in [7, 11) is 0. The molecule has 0 radical (unpaired) electrons. The first kappa shape index (κ1) is 13.8. The maximum absolute atomic E-state index is 9.55. The van der Waals surface area contributed by atoms with Crippen LogP contribution in [0.25, 0.3) is 0 Å². The maximum Gasteiger partial charge on any atom is 0.105 e. The Balaban J connectivity index is 4.37. The summed E-state index contributed by atoms with van der Waals surface area (Å²) in [5, 5.41) is 31.4. The fourth-order valence-electron chi connectivity index (χ4n) is 1.29. The average Bonchev–Trinajstić information content (AvgIpc) is 2.03. The average molecular weight is 205 g/mol. The van der Waals surface area contributed by atoms with E-state index in [2.05, 4.69) is 5.32 Å². The van der Waals surface area contributed by atoms with Crippen molar-refractivity contribution < 1.29 is 15.3 Å². The van der Waals surface area contributed by atoms with Gasteiger partial charge in [0.25, 0.3) is 0 Å². The van der Waals surface area contributed by atoms with E-state index in [1.54, 1.807) is 20.8 Å². The van der Waals surface area contributed by atoms with Gasteiger partial charge in [0.15, 0.2) is 0 Å². The summed E-state index contributed by atoms with van der Waals surface area (Å²) in [6.07, 6.45) is -0.684. The summed E-state index contributed by atoms with van der Waals surface area (Å²) < 4.78 is 0. The van der Waals surface area contributed by atoms with Crippen LogP contribution in [0.5, 0.6) is 0 Å². The highest BCUT2D eigenvalue weighted by Gasteiger charge is 2.36. The van der Waals surface area contributed by atoms with Crippen LogP contribution in [0.1, 0.15) is 40.5 Å². The lowest BCUT2D eigenvalue weighted by molar-refractivity contribution is -0.0412. The second-order valence-corrected chi connectivity index (χ2v) is 4.08.